The number of likely N-dealkylation sites (tertiary alicyclic amines) is 1. The SMILES string of the molecule is CSc1nnnn1-c1cccc(NC(=O)C2CCCN2C(=O)c2cc(Cl)ccc2Cl)c1. The predicted octanol–water partition coefficient (Wildman–Crippen LogP) is 3.93. The molecule has 0 aliphatic carbocycles. The van der Waals surface area contributed by atoms with Crippen molar-refractivity contribution in [3.63, 3.8) is 0 Å². The van der Waals surface area contributed by atoms with E-state index in [0.717, 1.165) is 12.1 Å². The molecule has 1 N–H and O–H groups in total. The number of thioether (sulfide) groups is 1. The molecule has 2 amide bonds. The van der Waals surface area contributed by atoms with Gasteiger partial charge < -0.3 is 10.2 Å². The van der Waals surface area contributed by atoms with Crippen molar-refractivity contribution in [3.8, 4) is 5.69 Å². The Kier molecular flexibility index (Phi) is 6.45. The molecular weight excluding hydrogens is 459 g/mol. The van der Waals surface area contributed by atoms with Crippen molar-refractivity contribution in [2.45, 2.75) is 24.0 Å². The molecule has 3 aromatic rings. The van der Waals surface area contributed by atoms with Crippen molar-refractivity contribution in [1.29, 1.82) is 0 Å². The number of hydrogen-bond acceptors (Lipinski definition) is 6. The lowest BCUT2D eigenvalue weighted by Crippen LogP contribution is -2.43. The highest BCUT2D eigenvalue weighted by Gasteiger charge is 2.35. The number of amides is 2. The van der Waals surface area contributed by atoms with Gasteiger partial charge in [-0.1, -0.05) is 41.0 Å². The Labute approximate surface area is 192 Å². The summed E-state index contributed by atoms with van der Waals surface area (Å²) >= 11 is 13.6. The van der Waals surface area contributed by atoms with Crippen molar-refractivity contribution >= 4 is 52.5 Å². The molecule has 2 aromatic carbocycles. The van der Waals surface area contributed by atoms with E-state index in [1.54, 1.807) is 39.9 Å². The molecule has 0 bridgehead atoms. The average molecular weight is 477 g/mol. The zero-order valence-corrected chi connectivity index (χ0v) is 18.8. The van der Waals surface area contributed by atoms with Crippen LogP contribution in [-0.2, 0) is 4.79 Å². The summed E-state index contributed by atoms with van der Waals surface area (Å²) in [6.07, 6.45) is 3.18. The van der Waals surface area contributed by atoms with Gasteiger partial charge in [0, 0.05) is 17.3 Å². The quantitative estimate of drug-likeness (QED) is 0.560. The van der Waals surface area contributed by atoms with Crippen LogP contribution in [0.25, 0.3) is 5.69 Å². The fourth-order valence-corrected chi connectivity index (χ4v) is 4.31. The van der Waals surface area contributed by atoms with Crippen LogP contribution in [0.3, 0.4) is 0 Å². The first-order chi connectivity index (χ1) is 15.0. The molecule has 0 radical (unpaired) electrons. The van der Waals surface area contributed by atoms with E-state index >= 15 is 0 Å². The number of hydrogen-bond donors (Lipinski definition) is 1. The van der Waals surface area contributed by atoms with Crippen molar-refractivity contribution in [2.75, 3.05) is 18.1 Å². The van der Waals surface area contributed by atoms with Gasteiger partial charge in [0.25, 0.3) is 5.91 Å². The summed E-state index contributed by atoms with van der Waals surface area (Å²) in [6.45, 7) is 0.474. The van der Waals surface area contributed by atoms with Gasteiger partial charge in [-0.15, -0.1) is 5.10 Å². The van der Waals surface area contributed by atoms with E-state index in [4.69, 9.17) is 23.2 Å². The fraction of sp³-hybridized carbons (Fsp3) is 0.250. The Bertz CT molecular complexity index is 1140. The van der Waals surface area contributed by atoms with E-state index in [2.05, 4.69) is 20.8 Å². The molecule has 1 saturated heterocycles. The Morgan fingerprint density at radius 3 is 2.84 bits per heavy atom. The summed E-state index contributed by atoms with van der Waals surface area (Å²) in [5, 5.41) is 15.9. The molecule has 0 spiro atoms. The maximum absolute atomic E-state index is 13.0. The predicted molar refractivity (Wildman–Crippen MR) is 120 cm³/mol. The van der Waals surface area contributed by atoms with Crippen LogP contribution in [0, 0.1) is 0 Å². The number of nitrogens with zero attached hydrogens (tertiary/aromatic N) is 5. The minimum atomic E-state index is -0.596. The molecule has 160 valence electrons. The van der Waals surface area contributed by atoms with Crippen LogP contribution in [0.5, 0.6) is 0 Å². The van der Waals surface area contributed by atoms with E-state index in [0.29, 0.717) is 39.4 Å². The number of rotatable bonds is 5. The van der Waals surface area contributed by atoms with Crippen LogP contribution in [0.15, 0.2) is 47.6 Å². The minimum absolute atomic E-state index is 0.261. The Morgan fingerprint density at radius 1 is 1.19 bits per heavy atom. The maximum Gasteiger partial charge on any atom is 0.256 e. The van der Waals surface area contributed by atoms with Crippen LogP contribution in [0.4, 0.5) is 5.69 Å². The van der Waals surface area contributed by atoms with Gasteiger partial charge in [0.2, 0.25) is 11.1 Å². The molecule has 31 heavy (non-hydrogen) atoms. The van der Waals surface area contributed by atoms with Crippen LogP contribution in [0.1, 0.15) is 23.2 Å². The second-order valence-corrected chi connectivity index (χ2v) is 8.51. The number of halogens is 2. The molecule has 2 heterocycles. The summed E-state index contributed by atoms with van der Waals surface area (Å²) in [6, 6.07) is 11.3. The normalized spacial score (nSPS) is 15.8. The lowest BCUT2D eigenvalue weighted by atomic mass is 10.1. The number of anilines is 1. The molecule has 1 aliphatic rings. The molecule has 1 aromatic heterocycles. The van der Waals surface area contributed by atoms with E-state index in [-0.39, 0.29) is 11.8 Å². The summed E-state index contributed by atoms with van der Waals surface area (Å²) in [7, 11) is 0. The number of tetrazole rings is 1. The van der Waals surface area contributed by atoms with Gasteiger partial charge in [0.1, 0.15) is 6.04 Å². The highest BCUT2D eigenvalue weighted by Crippen LogP contribution is 2.27. The lowest BCUT2D eigenvalue weighted by Gasteiger charge is -2.24. The van der Waals surface area contributed by atoms with Crippen LogP contribution in [0.2, 0.25) is 10.0 Å². The highest BCUT2D eigenvalue weighted by molar-refractivity contribution is 7.98. The Balaban J connectivity index is 1.52. The van der Waals surface area contributed by atoms with Crippen LogP contribution >= 0.6 is 35.0 Å². The molecule has 1 atom stereocenters. The highest BCUT2D eigenvalue weighted by atomic mass is 35.5. The Morgan fingerprint density at radius 2 is 2.03 bits per heavy atom. The number of carbonyl (C=O) groups excluding carboxylic acids is 2. The van der Waals surface area contributed by atoms with Crippen molar-refractivity contribution in [1.82, 2.24) is 25.1 Å². The molecule has 11 heteroatoms. The molecule has 1 aliphatic heterocycles. The smallest absolute Gasteiger partial charge is 0.256 e. The molecule has 1 unspecified atom stereocenters. The van der Waals surface area contributed by atoms with Gasteiger partial charge in [-0.05, 0) is 65.9 Å². The van der Waals surface area contributed by atoms with Gasteiger partial charge >= 0.3 is 0 Å². The lowest BCUT2D eigenvalue weighted by molar-refractivity contribution is -0.119. The Hall–Kier alpha value is -2.62. The summed E-state index contributed by atoms with van der Waals surface area (Å²) in [4.78, 5) is 27.6. The first-order valence-electron chi connectivity index (χ1n) is 9.47. The zero-order valence-electron chi connectivity index (χ0n) is 16.5. The second kappa shape index (κ2) is 9.25. The molecule has 4 rings (SSSR count). The van der Waals surface area contributed by atoms with E-state index in [9.17, 15) is 9.59 Å². The number of carbonyl (C=O) groups is 2. The van der Waals surface area contributed by atoms with Gasteiger partial charge in [-0.3, -0.25) is 9.59 Å². The number of aromatic nitrogens is 4. The maximum atomic E-state index is 13.0. The fourth-order valence-electron chi connectivity index (χ4n) is 3.51. The topological polar surface area (TPSA) is 93.0 Å². The third kappa shape index (κ3) is 4.53. The standard InChI is InChI=1S/C20H18Cl2N6O2S/c1-31-20-24-25-26-28(20)14-5-2-4-13(11-14)23-18(29)17-6-3-9-27(17)19(30)15-10-12(21)7-8-16(15)22/h2,4-5,7-8,10-11,17H,3,6,9H2,1H3,(H,23,29). The van der Waals surface area contributed by atoms with Gasteiger partial charge in [0.15, 0.2) is 0 Å². The largest absolute Gasteiger partial charge is 0.327 e. The summed E-state index contributed by atoms with van der Waals surface area (Å²) in [5.74, 6) is -0.569. The average Bonchev–Trinajstić information content (AvgIpc) is 3.44. The van der Waals surface area contributed by atoms with E-state index < -0.39 is 6.04 Å². The van der Waals surface area contributed by atoms with Crippen molar-refractivity contribution in [3.05, 3.63) is 58.1 Å². The van der Waals surface area contributed by atoms with Gasteiger partial charge in [-0.25, -0.2) is 0 Å². The number of benzene rings is 2. The first-order valence-corrected chi connectivity index (χ1v) is 11.5. The van der Waals surface area contributed by atoms with E-state index in [1.165, 1.54) is 17.8 Å². The third-order valence-corrected chi connectivity index (χ3v) is 6.14. The first kappa shape index (κ1) is 21.6. The van der Waals surface area contributed by atoms with Crippen molar-refractivity contribution in [2.24, 2.45) is 0 Å². The molecule has 8 nitrogen and oxygen atoms in total. The van der Waals surface area contributed by atoms with Gasteiger partial charge in [0.05, 0.1) is 16.3 Å². The molecule has 0 saturated carbocycles. The molecule has 1 fully saturated rings. The molecular formula is C20H18Cl2N6O2S. The summed E-state index contributed by atoms with van der Waals surface area (Å²) in [5.41, 5.74) is 1.60. The second-order valence-electron chi connectivity index (χ2n) is 6.90. The third-order valence-electron chi connectivity index (χ3n) is 4.96. The number of nitrogens with one attached hydrogen (secondary N) is 1. The summed E-state index contributed by atoms with van der Waals surface area (Å²) < 4.78 is 1.59. The van der Waals surface area contributed by atoms with Crippen LogP contribution in [-0.4, -0.2) is 55.8 Å². The zero-order chi connectivity index (χ0) is 22.0. The monoisotopic (exact) mass is 476 g/mol. The van der Waals surface area contributed by atoms with Crippen LogP contribution < -0.4 is 5.32 Å². The minimum Gasteiger partial charge on any atom is -0.327 e. The van der Waals surface area contributed by atoms with E-state index in [1.807, 2.05) is 12.3 Å². The van der Waals surface area contributed by atoms with Crippen molar-refractivity contribution < 1.29 is 9.59 Å². The van der Waals surface area contributed by atoms with Gasteiger partial charge in [-0.2, -0.15) is 4.68 Å².